The highest BCUT2D eigenvalue weighted by Gasteiger charge is 2.52. The number of ether oxygens (including phenoxy) is 7. The minimum absolute atomic E-state index is 0.0230. The zero-order chi connectivity index (χ0) is 56.3. The number of halogens is 12. The van der Waals surface area contributed by atoms with E-state index in [4.69, 9.17) is 149 Å². The van der Waals surface area contributed by atoms with E-state index in [1.54, 1.807) is 12.1 Å². The third-order valence-electron chi connectivity index (χ3n) is 17.3. The molecule has 0 spiro atoms. The van der Waals surface area contributed by atoms with Crippen LogP contribution in [0, 0.1) is 11.6 Å². The molecule has 7 aliphatic carbocycles. The summed E-state index contributed by atoms with van der Waals surface area (Å²) in [6, 6.07) is 29.7. The summed E-state index contributed by atoms with van der Waals surface area (Å²) < 4.78 is 63.2. The molecule has 21 rings (SSSR count). The quantitative estimate of drug-likeness (QED) is 0.140. The zero-order valence-corrected chi connectivity index (χ0v) is 50.2. The van der Waals surface area contributed by atoms with Crippen molar-refractivity contribution in [1.29, 1.82) is 0 Å². The van der Waals surface area contributed by atoms with Gasteiger partial charge in [-0.3, -0.25) is 0 Å². The molecule has 14 atom stereocenters. The third-order valence-corrected chi connectivity index (χ3v) is 20.6. The largest absolute Gasteiger partial charge is 0.364 e. The summed E-state index contributed by atoms with van der Waals surface area (Å²) in [5, 5.41) is 7.29. The molecular weight excluding hydrogens is 1260 g/mol. The number of fused-ring (bicyclic) bond motifs is 21. The van der Waals surface area contributed by atoms with Gasteiger partial charge in [-0.1, -0.05) is 140 Å². The monoisotopic (exact) mass is 1300 g/mol. The molecule has 7 nitrogen and oxygen atoms in total. The lowest BCUT2D eigenvalue weighted by Gasteiger charge is -2.05. The van der Waals surface area contributed by atoms with E-state index >= 15 is 0 Å². The number of hydrogen-bond acceptors (Lipinski definition) is 7. The Kier molecular flexibility index (Phi) is 14.5. The van der Waals surface area contributed by atoms with Crippen LogP contribution in [0.4, 0.5) is 8.78 Å². The van der Waals surface area contributed by atoms with Crippen LogP contribution in [0.25, 0.3) is 0 Å². The predicted molar refractivity (Wildman–Crippen MR) is 314 cm³/mol. The lowest BCUT2D eigenvalue weighted by Crippen LogP contribution is -1.95. The molecule has 8 unspecified atom stereocenters. The average Bonchev–Trinajstić information content (AvgIpc) is 4.04. The molecule has 422 valence electrons. The summed E-state index contributed by atoms with van der Waals surface area (Å²) in [4.78, 5) is 0. The van der Waals surface area contributed by atoms with E-state index in [1.807, 2.05) is 60.7 Å². The van der Waals surface area contributed by atoms with Gasteiger partial charge >= 0.3 is 0 Å². The van der Waals surface area contributed by atoms with Gasteiger partial charge in [0.05, 0.1) is 62.8 Å². The van der Waals surface area contributed by atoms with Crippen LogP contribution in [0.1, 0.15) is 121 Å². The molecule has 0 saturated carbocycles. The second kappa shape index (κ2) is 21.4. The first kappa shape index (κ1) is 55.6. The van der Waals surface area contributed by atoms with E-state index in [0.29, 0.717) is 103 Å². The number of rotatable bonds is 0. The first-order chi connectivity index (χ1) is 39.5. The van der Waals surface area contributed by atoms with Crippen molar-refractivity contribution in [3.05, 3.63) is 237 Å². The topological polar surface area (TPSA) is 87.7 Å². The van der Waals surface area contributed by atoms with Crippen LogP contribution < -0.4 is 0 Å². The molecule has 7 saturated heterocycles. The van der Waals surface area contributed by atoms with Gasteiger partial charge in [0.25, 0.3) is 0 Å². The van der Waals surface area contributed by atoms with Gasteiger partial charge in [-0.15, -0.1) is 0 Å². The summed E-state index contributed by atoms with van der Waals surface area (Å²) in [5.74, 6) is -0.941. The van der Waals surface area contributed by atoms with Gasteiger partial charge < -0.3 is 33.2 Å². The van der Waals surface area contributed by atoms with Gasteiger partial charge in [0.15, 0.2) is 0 Å². The van der Waals surface area contributed by atoms with Gasteiger partial charge in [0, 0.05) is 86.7 Å². The highest BCUT2D eigenvalue weighted by atomic mass is 35.5. The predicted octanol–water partition coefficient (Wildman–Crippen LogP) is 18.6. The fourth-order valence-corrected chi connectivity index (χ4v) is 15.4. The Morgan fingerprint density at radius 1 is 0.305 bits per heavy atom. The lowest BCUT2D eigenvalue weighted by atomic mass is 10.1. The Balaban J connectivity index is 0.0000000820. The van der Waals surface area contributed by atoms with Crippen LogP contribution in [0.5, 0.6) is 0 Å². The normalized spacial score (nSPS) is 30.2. The first-order valence-corrected chi connectivity index (χ1v) is 30.8. The molecule has 7 heterocycles. The Hall–Kier alpha value is -2.98. The number of hydrogen-bond donors (Lipinski definition) is 0. The maximum absolute atomic E-state index is 13.0. The SMILES string of the molecule is Clc1cc(Cl)c2c(c1)C1OC1C2.Clc1cc(Cl)c2c(c1)[C@@H]1O[C@@H]1C2.Clc1cc2c(cc1Cl)C1OC1C2.Clc1ccc2c(c1)[C@@H]1O[C@@H]1C2.Clc1ccc2c(c1Cl)C1OC1C2.Clc1cccc2c1CC1OC21.Fc1cc(F)c2c(c1)[C@@H]1O[C@@H]1C2. The van der Waals surface area contributed by atoms with Crippen molar-refractivity contribution in [2.24, 2.45) is 0 Å². The molecule has 14 aliphatic rings. The molecule has 0 N–H and O–H groups in total. The van der Waals surface area contributed by atoms with Gasteiger partial charge in [0.1, 0.15) is 54.4 Å². The molecule has 0 bridgehead atoms. The molecule has 0 aromatic heterocycles. The summed E-state index contributed by atoms with van der Waals surface area (Å²) >= 11 is 59.3. The van der Waals surface area contributed by atoms with Crippen molar-refractivity contribution in [2.45, 2.75) is 130 Å². The Morgan fingerprint density at radius 3 is 1.34 bits per heavy atom. The molecular formula is C63H44Cl10F2O7. The van der Waals surface area contributed by atoms with Crippen LogP contribution in [0.2, 0.25) is 50.2 Å². The second-order valence-electron chi connectivity index (χ2n) is 22.5. The van der Waals surface area contributed by atoms with E-state index in [0.717, 1.165) is 70.2 Å². The van der Waals surface area contributed by atoms with E-state index in [1.165, 1.54) is 67.3 Å². The summed E-state index contributed by atoms with van der Waals surface area (Å²) in [6.07, 6.45) is 11.1. The molecule has 7 aromatic rings. The van der Waals surface area contributed by atoms with Crippen LogP contribution in [0.15, 0.2) is 97.1 Å². The second-order valence-corrected chi connectivity index (χ2v) is 26.6. The zero-order valence-electron chi connectivity index (χ0n) is 42.7. The lowest BCUT2D eigenvalue weighted by molar-refractivity contribution is 0.356. The average molecular weight is 1310 g/mol. The highest BCUT2D eigenvalue weighted by Crippen LogP contribution is 2.56. The number of epoxide rings is 7. The van der Waals surface area contributed by atoms with Crippen molar-refractivity contribution in [3.63, 3.8) is 0 Å². The summed E-state index contributed by atoms with van der Waals surface area (Å²) in [5.41, 5.74) is 16.4. The van der Waals surface area contributed by atoms with Crippen molar-refractivity contribution in [1.82, 2.24) is 0 Å². The maximum Gasteiger partial charge on any atom is 0.129 e. The maximum atomic E-state index is 13.0. The fraction of sp³-hybridized carbons (Fsp3) is 0.333. The first-order valence-electron chi connectivity index (χ1n) is 27.0. The van der Waals surface area contributed by atoms with Crippen molar-refractivity contribution < 1.29 is 41.9 Å². The Bertz CT molecular complexity index is 3660. The van der Waals surface area contributed by atoms with Crippen LogP contribution in [0.3, 0.4) is 0 Å². The molecule has 0 amide bonds. The molecule has 82 heavy (non-hydrogen) atoms. The molecule has 7 aliphatic heterocycles. The van der Waals surface area contributed by atoms with E-state index in [2.05, 4.69) is 12.1 Å². The van der Waals surface area contributed by atoms with Crippen LogP contribution >= 0.6 is 116 Å². The Morgan fingerprint density at radius 2 is 0.744 bits per heavy atom. The summed E-state index contributed by atoms with van der Waals surface area (Å²) in [7, 11) is 0. The summed E-state index contributed by atoms with van der Waals surface area (Å²) in [6.45, 7) is 0. The molecule has 0 radical (unpaired) electrons. The molecule has 19 heteroatoms. The van der Waals surface area contributed by atoms with Gasteiger partial charge in [-0.25, -0.2) is 8.78 Å². The van der Waals surface area contributed by atoms with Crippen molar-refractivity contribution >= 4 is 116 Å². The third kappa shape index (κ3) is 10.8. The van der Waals surface area contributed by atoms with E-state index in [-0.39, 0.29) is 30.5 Å². The van der Waals surface area contributed by atoms with E-state index in [9.17, 15) is 8.78 Å². The van der Waals surface area contributed by atoms with Crippen molar-refractivity contribution in [3.8, 4) is 0 Å². The minimum atomic E-state index is -0.512. The van der Waals surface area contributed by atoms with E-state index < -0.39 is 11.6 Å². The number of benzene rings is 7. The fourth-order valence-electron chi connectivity index (χ4n) is 12.9. The van der Waals surface area contributed by atoms with Crippen molar-refractivity contribution in [2.75, 3.05) is 0 Å². The van der Waals surface area contributed by atoms with Crippen LogP contribution in [-0.4, -0.2) is 42.7 Å². The van der Waals surface area contributed by atoms with Crippen LogP contribution in [-0.2, 0) is 78.1 Å². The highest BCUT2D eigenvalue weighted by molar-refractivity contribution is 6.43. The van der Waals surface area contributed by atoms with Gasteiger partial charge in [-0.2, -0.15) is 0 Å². The standard InChI is InChI=1S/4C9H6Cl2O.2C9H7ClO.C9H6F2O/c2*10-4-1-6-5(7(11)2-4)3-8-9(6)12-8;10-6-1-4-2-8-9(12-8)5(4)3-7(6)11;10-5-2-1-4-3-6-9(12-6)7(4)8(5)11;10-6-2-1-5-3-8-9(11-8)7(5)4-6;10-7-3-1-2-5-6(7)4-8-9(5)11-8;10-4-1-6-5(7(11)2-4)3-8-9(6)12-8/h2*1-2,8-9H,3H2;1,3,8-9H,2H2;1-2,6,9H,3H2;1-2,4,8-9H,3H2;1-3,8-9H,4H2;1-2,8-9H,3H2/t8-,9+;;;;8-,9+;;8-,9+/m1...1.1/s1. The van der Waals surface area contributed by atoms with Gasteiger partial charge in [-0.05, 0) is 139 Å². The van der Waals surface area contributed by atoms with Gasteiger partial charge in [0.2, 0.25) is 0 Å². The minimum Gasteiger partial charge on any atom is -0.364 e. The molecule has 7 fully saturated rings. The molecule has 7 aromatic carbocycles. The Labute approximate surface area is 521 Å². The smallest absolute Gasteiger partial charge is 0.129 e.